The first kappa shape index (κ1) is 25.0. The molecular formula is C22H40IN5. The van der Waals surface area contributed by atoms with Crippen molar-refractivity contribution in [3.63, 3.8) is 0 Å². The van der Waals surface area contributed by atoms with Crippen LogP contribution in [-0.2, 0) is 0 Å². The van der Waals surface area contributed by atoms with Gasteiger partial charge in [-0.3, -0.25) is 9.89 Å². The molecule has 2 rings (SSSR count). The van der Waals surface area contributed by atoms with Crippen LogP contribution < -0.4 is 15.5 Å². The Labute approximate surface area is 189 Å². The van der Waals surface area contributed by atoms with Gasteiger partial charge in [-0.1, -0.05) is 18.2 Å². The molecule has 1 fully saturated rings. The Morgan fingerprint density at radius 3 is 2.25 bits per heavy atom. The zero-order chi connectivity index (χ0) is 19.6. The van der Waals surface area contributed by atoms with E-state index in [4.69, 9.17) is 0 Å². The maximum atomic E-state index is 4.41. The lowest BCUT2D eigenvalue weighted by molar-refractivity contribution is 0.173. The predicted octanol–water partition coefficient (Wildman–Crippen LogP) is 3.95. The summed E-state index contributed by atoms with van der Waals surface area (Å²) in [5.74, 6) is 0.939. The molecule has 5 nitrogen and oxygen atoms in total. The van der Waals surface area contributed by atoms with E-state index in [1.165, 1.54) is 5.69 Å². The first-order valence-electron chi connectivity index (χ1n) is 10.5. The molecule has 0 amide bonds. The Hall–Kier alpha value is -1.02. The maximum Gasteiger partial charge on any atom is 0.191 e. The number of aliphatic imine (C=N–C) groups is 1. The zero-order valence-electron chi connectivity index (χ0n) is 18.3. The highest BCUT2D eigenvalue weighted by Gasteiger charge is 2.20. The van der Waals surface area contributed by atoms with Gasteiger partial charge in [-0.05, 0) is 59.1 Å². The number of benzene rings is 1. The van der Waals surface area contributed by atoms with E-state index in [2.05, 4.69) is 83.5 Å². The molecule has 1 aliphatic rings. The number of hydrogen-bond acceptors (Lipinski definition) is 3. The maximum absolute atomic E-state index is 4.41. The number of hydrogen-bond donors (Lipinski definition) is 2. The number of guanidine groups is 1. The molecule has 0 saturated carbocycles. The fraction of sp³-hybridized carbons (Fsp3) is 0.682. The summed E-state index contributed by atoms with van der Waals surface area (Å²) in [6.45, 7) is 13.4. The number of piperidine rings is 1. The summed E-state index contributed by atoms with van der Waals surface area (Å²) in [4.78, 5) is 9.43. The Morgan fingerprint density at radius 2 is 1.71 bits per heavy atom. The summed E-state index contributed by atoms with van der Waals surface area (Å²) in [5, 5.41) is 7.10. The molecule has 0 spiro atoms. The standard InChI is InChI=1S/C22H39N5.HI/c1-18(2)27(19(3)4)15-9-14-24-22(23-5)25-20-12-16-26(17-13-20)21-10-7-6-8-11-21;/h6-8,10-11,18-20H,9,12-17H2,1-5H3,(H2,23,24,25);1H. The largest absolute Gasteiger partial charge is 0.371 e. The van der Waals surface area contributed by atoms with Gasteiger partial charge >= 0.3 is 0 Å². The first-order chi connectivity index (χ1) is 13.0. The van der Waals surface area contributed by atoms with Crippen molar-refractivity contribution in [2.24, 2.45) is 4.99 Å². The molecule has 28 heavy (non-hydrogen) atoms. The summed E-state index contributed by atoms with van der Waals surface area (Å²) in [6, 6.07) is 12.4. The monoisotopic (exact) mass is 501 g/mol. The number of rotatable bonds is 8. The molecule has 1 aromatic carbocycles. The second-order valence-corrected chi connectivity index (χ2v) is 8.02. The van der Waals surface area contributed by atoms with Crippen LogP contribution in [0.1, 0.15) is 47.0 Å². The van der Waals surface area contributed by atoms with E-state index in [9.17, 15) is 0 Å². The van der Waals surface area contributed by atoms with Gasteiger partial charge < -0.3 is 15.5 Å². The van der Waals surface area contributed by atoms with Gasteiger partial charge in [-0.15, -0.1) is 24.0 Å². The molecule has 0 bridgehead atoms. The summed E-state index contributed by atoms with van der Waals surface area (Å²) < 4.78 is 0. The predicted molar refractivity (Wildman–Crippen MR) is 133 cm³/mol. The Morgan fingerprint density at radius 1 is 1.11 bits per heavy atom. The number of anilines is 1. The van der Waals surface area contributed by atoms with Crippen molar-refractivity contribution in [3.8, 4) is 0 Å². The highest BCUT2D eigenvalue weighted by atomic mass is 127. The van der Waals surface area contributed by atoms with E-state index in [0.717, 1.165) is 51.4 Å². The van der Waals surface area contributed by atoms with Crippen molar-refractivity contribution in [1.82, 2.24) is 15.5 Å². The molecule has 0 aromatic heterocycles. The van der Waals surface area contributed by atoms with Gasteiger partial charge in [0, 0.05) is 57.0 Å². The van der Waals surface area contributed by atoms with Crippen molar-refractivity contribution in [2.45, 2.75) is 65.1 Å². The molecule has 160 valence electrons. The first-order valence-corrected chi connectivity index (χ1v) is 10.5. The van der Waals surface area contributed by atoms with Gasteiger partial charge in [0.05, 0.1) is 0 Å². The number of para-hydroxylation sites is 1. The average Bonchev–Trinajstić information content (AvgIpc) is 2.67. The minimum Gasteiger partial charge on any atom is -0.371 e. The third kappa shape index (κ3) is 8.15. The highest BCUT2D eigenvalue weighted by Crippen LogP contribution is 2.19. The van der Waals surface area contributed by atoms with E-state index in [1.54, 1.807) is 0 Å². The second kappa shape index (κ2) is 13.2. The number of nitrogens with one attached hydrogen (secondary N) is 2. The topological polar surface area (TPSA) is 42.9 Å². The van der Waals surface area contributed by atoms with E-state index < -0.39 is 0 Å². The lowest BCUT2D eigenvalue weighted by atomic mass is 10.0. The van der Waals surface area contributed by atoms with Crippen LogP contribution in [-0.4, -0.2) is 62.2 Å². The summed E-state index contributed by atoms with van der Waals surface area (Å²) in [6.07, 6.45) is 3.41. The van der Waals surface area contributed by atoms with Gasteiger partial charge in [0.25, 0.3) is 0 Å². The SMILES string of the molecule is CN=C(NCCCN(C(C)C)C(C)C)NC1CCN(c2ccccc2)CC1.I. The second-order valence-electron chi connectivity index (χ2n) is 8.02. The third-order valence-corrected chi connectivity index (χ3v) is 5.39. The van der Waals surface area contributed by atoms with E-state index in [-0.39, 0.29) is 24.0 Å². The molecule has 0 unspecified atom stereocenters. The number of nitrogens with zero attached hydrogens (tertiary/aromatic N) is 3. The van der Waals surface area contributed by atoms with Crippen molar-refractivity contribution in [2.75, 3.05) is 38.1 Å². The highest BCUT2D eigenvalue weighted by molar-refractivity contribution is 14.0. The van der Waals surface area contributed by atoms with Crippen LogP contribution >= 0.6 is 24.0 Å². The molecule has 0 aliphatic carbocycles. The van der Waals surface area contributed by atoms with Gasteiger partial charge in [-0.25, -0.2) is 0 Å². The summed E-state index contributed by atoms with van der Waals surface area (Å²) in [7, 11) is 1.86. The van der Waals surface area contributed by atoms with Gasteiger partial charge in [0.2, 0.25) is 0 Å². The van der Waals surface area contributed by atoms with Gasteiger partial charge in [0.1, 0.15) is 0 Å². The van der Waals surface area contributed by atoms with Crippen LogP contribution in [0.15, 0.2) is 35.3 Å². The van der Waals surface area contributed by atoms with Crippen molar-refractivity contribution in [1.29, 1.82) is 0 Å². The van der Waals surface area contributed by atoms with Crippen molar-refractivity contribution >= 4 is 35.6 Å². The minimum atomic E-state index is 0. The lowest BCUT2D eigenvalue weighted by Gasteiger charge is -2.34. The quantitative estimate of drug-likeness (QED) is 0.245. The van der Waals surface area contributed by atoms with Crippen LogP contribution in [0.4, 0.5) is 5.69 Å². The van der Waals surface area contributed by atoms with Gasteiger partial charge in [0.15, 0.2) is 5.96 Å². The number of halogens is 1. The molecule has 0 atom stereocenters. The van der Waals surface area contributed by atoms with Crippen LogP contribution in [0.25, 0.3) is 0 Å². The molecule has 2 N–H and O–H groups in total. The molecular weight excluding hydrogens is 461 g/mol. The van der Waals surface area contributed by atoms with Crippen LogP contribution in [0.5, 0.6) is 0 Å². The molecule has 6 heteroatoms. The fourth-order valence-corrected chi connectivity index (χ4v) is 3.89. The van der Waals surface area contributed by atoms with E-state index in [0.29, 0.717) is 18.1 Å². The molecule has 0 radical (unpaired) electrons. The minimum absolute atomic E-state index is 0. The van der Waals surface area contributed by atoms with Crippen molar-refractivity contribution < 1.29 is 0 Å². The smallest absolute Gasteiger partial charge is 0.191 e. The van der Waals surface area contributed by atoms with Crippen LogP contribution in [0.2, 0.25) is 0 Å². The Balaban J connectivity index is 0.00000392. The van der Waals surface area contributed by atoms with Crippen LogP contribution in [0, 0.1) is 0 Å². The summed E-state index contributed by atoms with van der Waals surface area (Å²) >= 11 is 0. The third-order valence-electron chi connectivity index (χ3n) is 5.39. The average molecular weight is 502 g/mol. The normalized spacial score (nSPS) is 15.9. The Kier molecular flexibility index (Phi) is 11.8. The molecule has 1 aliphatic heterocycles. The summed E-state index contributed by atoms with van der Waals surface area (Å²) in [5.41, 5.74) is 1.33. The van der Waals surface area contributed by atoms with Crippen LogP contribution in [0.3, 0.4) is 0 Å². The van der Waals surface area contributed by atoms with Gasteiger partial charge in [-0.2, -0.15) is 0 Å². The van der Waals surface area contributed by atoms with Crippen molar-refractivity contribution in [3.05, 3.63) is 30.3 Å². The zero-order valence-corrected chi connectivity index (χ0v) is 20.6. The van der Waals surface area contributed by atoms with E-state index in [1.807, 2.05) is 7.05 Å². The molecule has 1 heterocycles. The Bertz CT molecular complexity index is 545. The molecule has 1 aromatic rings. The van der Waals surface area contributed by atoms with E-state index >= 15 is 0 Å². The molecule has 1 saturated heterocycles. The lowest BCUT2D eigenvalue weighted by Crippen LogP contribution is -2.49. The fourth-order valence-electron chi connectivity index (χ4n) is 3.89.